The van der Waals surface area contributed by atoms with Crippen molar-refractivity contribution in [3.05, 3.63) is 0 Å². The molecule has 1 N–H and O–H groups in total. The number of piperidine rings is 1. The van der Waals surface area contributed by atoms with Crippen LogP contribution in [0.1, 0.15) is 26.7 Å². The van der Waals surface area contributed by atoms with E-state index in [0.29, 0.717) is 6.61 Å². The number of carbonyl (C=O) groups is 1. The van der Waals surface area contributed by atoms with Gasteiger partial charge in [-0.15, -0.1) is 0 Å². The lowest BCUT2D eigenvalue weighted by atomic mass is 10.0. The third-order valence-corrected chi connectivity index (χ3v) is 2.20. The maximum absolute atomic E-state index is 11.0. The number of hydrogen-bond donors (Lipinski definition) is 1. The van der Waals surface area contributed by atoms with E-state index >= 15 is 0 Å². The molecule has 0 bridgehead atoms. The van der Waals surface area contributed by atoms with Gasteiger partial charge >= 0.3 is 6.16 Å². The largest absolute Gasteiger partial charge is 0.508 e. The molecule has 4 nitrogen and oxygen atoms in total. The zero-order chi connectivity index (χ0) is 9.68. The van der Waals surface area contributed by atoms with Crippen LogP contribution in [0.15, 0.2) is 0 Å². The van der Waals surface area contributed by atoms with Crippen molar-refractivity contribution in [2.45, 2.75) is 38.8 Å². The number of nitrogens with one attached hydrogen (secondary N) is 1. The van der Waals surface area contributed by atoms with Gasteiger partial charge in [-0.25, -0.2) is 4.79 Å². The molecule has 0 aromatic rings. The Bertz CT molecular complexity index is 172. The van der Waals surface area contributed by atoms with Crippen molar-refractivity contribution in [1.82, 2.24) is 5.32 Å². The molecule has 1 heterocycles. The van der Waals surface area contributed by atoms with Gasteiger partial charge in [-0.2, -0.15) is 0 Å². The van der Waals surface area contributed by atoms with Gasteiger partial charge in [0.05, 0.1) is 6.61 Å². The molecule has 0 aromatic heterocycles. The maximum Gasteiger partial charge on any atom is 0.508 e. The van der Waals surface area contributed by atoms with Crippen molar-refractivity contribution >= 4 is 6.16 Å². The van der Waals surface area contributed by atoms with Crippen LogP contribution in [0.3, 0.4) is 0 Å². The summed E-state index contributed by atoms with van der Waals surface area (Å²) in [5.74, 6) is 0. The van der Waals surface area contributed by atoms with Crippen molar-refractivity contribution in [2.75, 3.05) is 13.2 Å². The second-order valence-electron chi connectivity index (χ2n) is 3.22. The van der Waals surface area contributed by atoms with Crippen LogP contribution in [0.5, 0.6) is 0 Å². The molecule has 0 radical (unpaired) electrons. The molecule has 2 unspecified atom stereocenters. The molecule has 13 heavy (non-hydrogen) atoms. The molecule has 0 aromatic carbocycles. The Morgan fingerprint density at radius 1 is 1.62 bits per heavy atom. The molecule has 0 aliphatic carbocycles. The molecule has 0 amide bonds. The van der Waals surface area contributed by atoms with Crippen LogP contribution < -0.4 is 5.32 Å². The van der Waals surface area contributed by atoms with Gasteiger partial charge in [-0.05, 0) is 33.2 Å². The Morgan fingerprint density at radius 2 is 2.38 bits per heavy atom. The molecule has 4 heteroatoms. The van der Waals surface area contributed by atoms with Crippen LogP contribution in [0.25, 0.3) is 0 Å². The zero-order valence-corrected chi connectivity index (χ0v) is 8.21. The van der Waals surface area contributed by atoms with Crippen LogP contribution >= 0.6 is 0 Å². The minimum absolute atomic E-state index is 0.0344. The second kappa shape index (κ2) is 5.07. The predicted octanol–water partition coefficient (Wildman–Crippen LogP) is 1.30. The van der Waals surface area contributed by atoms with Gasteiger partial charge < -0.3 is 14.8 Å². The SMILES string of the molecule is CCOC(=O)OC1CCCNC1C. The summed E-state index contributed by atoms with van der Waals surface area (Å²) in [6.45, 7) is 5.16. The van der Waals surface area contributed by atoms with Crippen LogP contribution in [0.2, 0.25) is 0 Å². The van der Waals surface area contributed by atoms with Crippen molar-refractivity contribution in [3.63, 3.8) is 0 Å². The zero-order valence-electron chi connectivity index (χ0n) is 8.21. The molecule has 1 rings (SSSR count). The third-order valence-electron chi connectivity index (χ3n) is 2.20. The Morgan fingerprint density at radius 3 is 3.00 bits per heavy atom. The molecule has 2 atom stereocenters. The number of ether oxygens (including phenoxy) is 2. The van der Waals surface area contributed by atoms with Crippen molar-refractivity contribution in [3.8, 4) is 0 Å². The average Bonchev–Trinajstić information content (AvgIpc) is 2.09. The topological polar surface area (TPSA) is 47.6 Å². The van der Waals surface area contributed by atoms with Crippen molar-refractivity contribution < 1.29 is 14.3 Å². The van der Waals surface area contributed by atoms with E-state index in [1.54, 1.807) is 6.92 Å². The number of rotatable bonds is 2. The van der Waals surface area contributed by atoms with Gasteiger partial charge in [0, 0.05) is 6.04 Å². The maximum atomic E-state index is 11.0. The van der Waals surface area contributed by atoms with Crippen LogP contribution in [-0.2, 0) is 9.47 Å². The monoisotopic (exact) mass is 187 g/mol. The van der Waals surface area contributed by atoms with Gasteiger partial charge in [0.2, 0.25) is 0 Å². The number of hydrogen-bond acceptors (Lipinski definition) is 4. The Balaban J connectivity index is 2.29. The summed E-state index contributed by atoms with van der Waals surface area (Å²) in [4.78, 5) is 11.0. The Kier molecular flexibility index (Phi) is 4.02. The van der Waals surface area contributed by atoms with Gasteiger partial charge in [0.15, 0.2) is 0 Å². The summed E-state index contributed by atoms with van der Waals surface area (Å²) in [7, 11) is 0. The summed E-state index contributed by atoms with van der Waals surface area (Å²) < 4.78 is 9.82. The lowest BCUT2D eigenvalue weighted by Gasteiger charge is -2.28. The summed E-state index contributed by atoms with van der Waals surface area (Å²) in [6.07, 6.45) is 1.39. The average molecular weight is 187 g/mol. The van der Waals surface area contributed by atoms with E-state index in [4.69, 9.17) is 9.47 Å². The van der Waals surface area contributed by atoms with E-state index in [0.717, 1.165) is 19.4 Å². The lowest BCUT2D eigenvalue weighted by Crippen LogP contribution is -2.44. The minimum Gasteiger partial charge on any atom is -0.435 e. The molecular formula is C9H17NO3. The fraction of sp³-hybridized carbons (Fsp3) is 0.889. The first-order chi connectivity index (χ1) is 6.24. The van der Waals surface area contributed by atoms with Gasteiger partial charge in [0.1, 0.15) is 6.10 Å². The van der Waals surface area contributed by atoms with Crippen molar-refractivity contribution in [1.29, 1.82) is 0 Å². The molecule has 0 saturated carbocycles. The fourth-order valence-corrected chi connectivity index (χ4v) is 1.45. The predicted molar refractivity (Wildman–Crippen MR) is 48.6 cm³/mol. The first kappa shape index (κ1) is 10.3. The number of carbonyl (C=O) groups excluding carboxylic acids is 1. The molecule has 1 aliphatic rings. The first-order valence-electron chi connectivity index (χ1n) is 4.81. The second-order valence-corrected chi connectivity index (χ2v) is 3.22. The highest BCUT2D eigenvalue weighted by atomic mass is 16.7. The quantitative estimate of drug-likeness (QED) is 0.662. The normalized spacial score (nSPS) is 28.2. The molecule has 76 valence electrons. The van der Waals surface area contributed by atoms with Crippen molar-refractivity contribution in [2.24, 2.45) is 0 Å². The van der Waals surface area contributed by atoms with Gasteiger partial charge in [-0.1, -0.05) is 0 Å². The smallest absolute Gasteiger partial charge is 0.435 e. The minimum atomic E-state index is -0.553. The highest BCUT2D eigenvalue weighted by molar-refractivity contribution is 5.60. The summed E-state index contributed by atoms with van der Waals surface area (Å²) >= 11 is 0. The highest BCUT2D eigenvalue weighted by Crippen LogP contribution is 2.12. The molecule has 1 aliphatic heterocycles. The van der Waals surface area contributed by atoms with E-state index in [9.17, 15) is 4.79 Å². The third kappa shape index (κ3) is 3.22. The van der Waals surface area contributed by atoms with Gasteiger partial charge in [-0.3, -0.25) is 0 Å². The molecule has 1 fully saturated rings. The summed E-state index contributed by atoms with van der Waals surface area (Å²) in [5.41, 5.74) is 0. The highest BCUT2D eigenvalue weighted by Gasteiger charge is 2.24. The first-order valence-corrected chi connectivity index (χ1v) is 4.81. The fourth-order valence-electron chi connectivity index (χ4n) is 1.45. The Hall–Kier alpha value is -0.770. The van der Waals surface area contributed by atoms with Crippen LogP contribution in [0, 0.1) is 0 Å². The van der Waals surface area contributed by atoms with E-state index < -0.39 is 6.16 Å². The summed E-state index contributed by atoms with van der Waals surface area (Å²) in [6, 6.07) is 0.234. The van der Waals surface area contributed by atoms with E-state index in [1.807, 2.05) is 6.92 Å². The van der Waals surface area contributed by atoms with Crippen LogP contribution in [0.4, 0.5) is 4.79 Å². The molecule has 1 saturated heterocycles. The lowest BCUT2D eigenvalue weighted by molar-refractivity contribution is 0.00466. The summed E-state index contributed by atoms with van der Waals surface area (Å²) in [5, 5.41) is 3.25. The van der Waals surface area contributed by atoms with Crippen LogP contribution in [-0.4, -0.2) is 31.5 Å². The standard InChI is InChI=1S/C9H17NO3/c1-3-12-9(11)13-8-5-4-6-10-7(8)2/h7-8,10H,3-6H2,1-2H3. The van der Waals surface area contributed by atoms with E-state index in [2.05, 4.69) is 5.32 Å². The van der Waals surface area contributed by atoms with Gasteiger partial charge in [0.25, 0.3) is 0 Å². The van der Waals surface area contributed by atoms with E-state index in [-0.39, 0.29) is 12.1 Å². The molecular weight excluding hydrogens is 170 g/mol. The van der Waals surface area contributed by atoms with E-state index in [1.165, 1.54) is 0 Å². The Labute approximate surface area is 78.6 Å². The molecule has 0 spiro atoms.